The minimum Gasteiger partial charge on any atom is -0.494 e. The number of rotatable bonds is 6. The predicted molar refractivity (Wildman–Crippen MR) is 109 cm³/mol. The Balaban J connectivity index is 1.58. The van der Waals surface area contributed by atoms with Crippen molar-refractivity contribution < 1.29 is 9.53 Å². The molecule has 0 N–H and O–H groups in total. The number of nitrogens with zero attached hydrogens (tertiary/aromatic N) is 4. The molecule has 0 saturated heterocycles. The molecule has 1 atom stereocenters. The van der Waals surface area contributed by atoms with Crippen molar-refractivity contribution in [3.63, 3.8) is 0 Å². The van der Waals surface area contributed by atoms with Gasteiger partial charge in [-0.3, -0.25) is 4.79 Å². The largest absolute Gasteiger partial charge is 0.494 e. The molecule has 0 spiro atoms. The van der Waals surface area contributed by atoms with E-state index in [9.17, 15) is 4.79 Å². The highest BCUT2D eigenvalue weighted by atomic mass is 32.2. The van der Waals surface area contributed by atoms with Crippen LogP contribution in [-0.2, 0) is 12.8 Å². The van der Waals surface area contributed by atoms with Crippen LogP contribution < -0.4 is 4.74 Å². The van der Waals surface area contributed by atoms with Gasteiger partial charge in [0.2, 0.25) is 5.16 Å². The minimum atomic E-state index is -0.306. The van der Waals surface area contributed by atoms with Crippen LogP contribution in [0.25, 0.3) is 5.69 Å². The van der Waals surface area contributed by atoms with Crippen LogP contribution in [0.4, 0.5) is 0 Å². The average molecular weight is 395 g/mol. The first-order chi connectivity index (χ1) is 13.6. The lowest BCUT2D eigenvalue weighted by molar-refractivity contribution is 0.0993. The molecular weight excluding hydrogens is 372 g/mol. The Morgan fingerprint density at radius 3 is 2.82 bits per heavy atom. The number of carbonyl (C=O) groups excluding carboxylic acids is 1. The molecule has 0 fully saturated rings. The fourth-order valence-corrected chi connectivity index (χ4v) is 4.42. The van der Waals surface area contributed by atoms with Crippen LogP contribution in [0, 0.1) is 6.92 Å². The van der Waals surface area contributed by atoms with Gasteiger partial charge >= 0.3 is 0 Å². The first kappa shape index (κ1) is 18.7. The number of ketones is 1. The summed E-state index contributed by atoms with van der Waals surface area (Å²) in [5.74, 6) is 0.766. The van der Waals surface area contributed by atoms with Crippen molar-refractivity contribution in [3.05, 3.63) is 58.7 Å². The van der Waals surface area contributed by atoms with E-state index in [1.54, 1.807) is 11.8 Å². The van der Waals surface area contributed by atoms with Gasteiger partial charge in [-0.25, -0.2) is 0 Å². The van der Waals surface area contributed by atoms with Gasteiger partial charge in [-0.2, -0.15) is 4.68 Å². The van der Waals surface area contributed by atoms with E-state index >= 15 is 0 Å². The van der Waals surface area contributed by atoms with E-state index < -0.39 is 0 Å². The molecule has 3 aromatic rings. The summed E-state index contributed by atoms with van der Waals surface area (Å²) >= 11 is 1.35. The molecule has 7 heteroatoms. The molecule has 0 amide bonds. The molecule has 0 radical (unpaired) electrons. The van der Waals surface area contributed by atoms with Crippen molar-refractivity contribution in [1.29, 1.82) is 0 Å². The third-order valence-corrected chi connectivity index (χ3v) is 6.07. The smallest absolute Gasteiger partial charge is 0.214 e. The number of aromatic nitrogens is 4. The summed E-state index contributed by atoms with van der Waals surface area (Å²) in [6.45, 7) is 3.90. The number of thioether (sulfide) groups is 1. The van der Waals surface area contributed by atoms with Gasteiger partial charge in [0.1, 0.15) is 11.4 Å². The molecule has 144 valence electrons. The Kier molecular flexibility index (Phi) is 5.17. The topological polar surface area (TPSA) is 69.9 Å². The molecule has 6 nitrogen and oxygen atoms in total. The fraction of sp³-hybridized carbons (Fsp3) is 0.333. The molecule has 28 heavy (non-hydrogen) atoms. The first-order valence-electron chi connectivity index (χ1n) is 9.33. The van der Waals surface area contributed by atoms with Gasteiger partial charge < -0.3 is 4.74 Å². The molecule has 0 aliphatic heterocycles. The molecule has 1 unspecified atom stereocenters. The zero-order valence-corrected chi connectivity index (χ0v) is 17.0. The molecule has 0 saturated carbocycles. The van der Waals surface area contributed by atoms with E-state index in [0.717, 1.165) is 29.7 Å². The molecule has 1 aromatic heterocycles. The van der Waals surface area contributed by atoms with Crippen LogP contribution in [0.5, 0.6) is 5.75 Å². The van der Waals surface area contributed by atoms with E-state index in [0.29, 0.717) is 10.9 Å². The monoisotopic (exact) mass is 394 g/mol. The van der Waals surface area contributed by atoms with Crippen LogP contribution >= 0.6 is 11.8 Å². The molecule has 1 aliphatic carbocycles. The van der Waals surface area contributed by atoms with Crippen LogP contribution in [0.3, 0.4) is 0 Å². The highest BCUT2D eigenvalue weighted by Gasteiger charge is 2.23. The van der Waals surface area contributed by atoms with Crippen molar-refractivity contribution in [2.45, 2.75) is 43.5 Å². The molecular formula is C21H22N4O2S. The van der Waals surface area contributed by atoms with Crippen molar-refractivity contribution >= 4 is 17.5 Å². The molecule has 1 aliphatic rings. The summed E-state index contributed by atoms with van der Waals surface area (Å²) in [5, 5.41) is 12.3. The number of tetrazole rings is 1. The van der Waals surface area contributed by atoms with Crippen LogP contribution in [0.1, 0.15) is 40.4 Å². The van der Waals surface area contributed by atoms with Gasteiger partial charge in [-0.05, 0) is 78.4 Å². The van der Waals surface area contributed by atoms with E-state index in [1.807, 2.05) is 44.2 Å². The van der Waals surface area contributed by atoms with Gasteiger partial charge in [-0.15, -0.1) is 5.10 Å². The van der Waals surface area contributed by atoms with Crippen molar-refractivity contribution in [2.24, 2.45) is 0 Å². The Labute approximate surface area is 168 Å². The van der Waals surface area contributed by atoms with Gasteiger partial charge in [0.15, 0.2) is 5.78 Å². The van der Waals surface area contributed by atoms with E-state index in [4.69, 9.17) is 4.74 Å². The van der Waals surface area contributed by atoms with Crippen LogP contribution in [0.15, 0.2) is 41.6 Å². The number of ether oxygens (including phenoxy) is 1. The second-order valence-electron chi connectivity index (χ2n) is 7.01. The number of fused-ring (bicyclic) bond motifs is 1. The minimum absolute atomic E-state index is 0.0884. The average Bonchev–Trinajstić information content (AvgIpc) is 3.35. The maximum Gasteiger partial charge on any atom is 0.214 e. The van der Waals surface area contributed by atoms with Crippen LogP contribution in [-0.4, -0.2) is 38.4 Å². The molecule has 1 heterocycles. The third-order valence-electron chi connectivity index (χ3n) is 5.04. The maximum atomic E-state index is 13.0. The summed E-state index contributed by atoms with van der Waals surface area (Å²) in [4.78, 5) is 13.0. The van der Waals surface area contributed by atoms with Crippen molar-refractivity contribution in [3.8, 4) is 11.4 Å². The second kappa shape index (κ2) is 7.75. The number of hydrogen-bond donors (Lipinski definition) is 0. The first-order valence-corrected chi connectivity index (χ1v) is 10.2. The van der Waals surface area contributed by atoms with Crippen molar-refractivity contribution in [1.82, 2.24) is 20.2 Å². The summed E-state index contributed by atoms with van der Waals surface area (Å²) < 4.78 is 7.08. The highest BCUT2D eigenvalue weighted by Crippen LogP contribution is 2.30. The van der Waals surface area contributed by atoms with Gasteiger partial charge in [0.25, 0.3) is 0 Å². The lowest BCUT2D eigenvalue weighted by atomic mass is 10.0. The maximum absolute atomic E-state index is 13.0. The normalized spacial score (nSPS) is 14.0. The van der Waals surface area contributed by atoms with Gasteiger partial charge in [-0.1, -0.05) is 30.0 Å². The number of carbonyl (C=O) groups is 1. The van der Waals surface area contributed by atoms with E-state index in [-0.39, 0.29) is 11.0 Å². The lowest BCUT2D eigenvalue weighted by Gasteiger charge is -2.13. The second-order valence-corrected chi connectivity index (χ2v) is 8.32. The van der Waals surface area contributed by atoms with E-state index in [1.165, 1.54) is 29.3 Å². The third kappa shape index (κ3) is 3.54. The number of benzene rings is 2. The fourth-order valence-electron chi connectivity index (χ4n) is 3.54. The van der Waals surface area contributed by atoms with Gasteiger partial charge in [0.05, 0.1) is 12.4 Å². The quantitative estimate of drug-likeness (QED) is 0.467. The molecule has 4 rings (SSSR count). The Bertz CT molecular complexity index is 1030. The lowest BCUT2D eigenvalue weighted by Crippen LogP contribution is -2.15. The summed E-state index contributed by atoms with van der Waals surface area (Å²) in [7, 11) is 1.62. The summed E-state index contributed by atoms with van der Waals surface area (Å²) in [5.41, 5.74) is 5.26. The Hall–Kier alpha value is -2.67. The summed E-state index contributed by atoms with van der Waals surface area (Å²) in [6.07, 6.45) is 3.34. The number of methoxy groups -OCH3 is 1. The molecule has 0 bridgehead atoms. The van der Waals surface area contributed by atoms with Crippen molar-refractivity contribution in [2.75, 3.05) is 7.11 Å². The Morgan fingerprint density at radius 2 is 2.00 bits per heavy atom. The van der Waals surface area contributed by atoms with Crippen LogP contribution in [0.2, 0.25) is 0 Å². The molecule has 2 aromatic carbocycles. The SMILES string of the molecule is COc1ccc(C)cc1-n1nnnc1SC(C)C(=O)c1ccc2c(c1)CCC2. The standard InChI is InChI=1S/C21H22N4O2S/c1-13-7-10-19(27-3)18(11-13)25-21(22-23-24-25)28-14(2)20(26)17-9-8-15-5-4-6-16(15)12-17/h7-12,14H,4-6H2,1-3H3. The highest BCUT2D eigenvalue weighted by molar-refractivity contribution is 8.00. The zero-order valence-electron chi connectivity index (χ0n) is 16.2. The van der Waals surface area contributed by atoms with Gasteiger partial charge in [0, 0.05) is 5.56 Å². The summed E-state index contributed by atoms with van der Waals surface area (Å²) in [6, 6.07) is 11.9. The zero-order chi connectivity index (χ0) is 19.7. The number of aryl methyl sites for hydroxylation is 3. The number of Topliss-reactive ketones (excluding diaryl/α,β-unsaturated/α-hetero) is 1. The Morgan fingerprint density at radius 1 is 1.18 bits per heavy atom. The predicted octanol–water partition coefficient (Wildman–Crippen LogP) is 3.83. The number of hydrogen-bond acceptors (Lipinski definition) is 6. The van der Waals surface area contributed by atoms with E-state index in [2.05, 4.69) is 21.6 Å².